The SMILES string of the molecule is C.C.C.CCN(CCN(CC)C(C)CC(=O)O)CCN(CC)[C@H](C)CC(=O)O. The van der Waals surface area contributed by atoms with Crippen LogP contribution < -0.4 is 0 Å². The van der Waals surface area contributed by atoms with Gasteiger partial charge in [-0.1, -0.05) is 43.1 Å². The van der Waals surface area contributed by atoms with Crippen LogP contribution in [0.2, 0.25) is 0 Å². The van der Waals surface area contributed by atoms with Gasteiger partial charge in [-0.25, -0.2) is 0 Å². The van der Waals surface area contributed by atoms with Crippen LogP contribution in [0.3, 0.4) is 0 Å². The number of carboxylic acids is 2. The standard InChI is InChI=1S/C18H37N3O4.3CH4/c1-6-19(9-11-20(7-2)15(4)13-17(22)23)10-12-21(8-3)16(5)14-18(24)25;;;/h15-16H,6-14H2,1-5H3,(H,22,23)(H,24,25);3*1H4/t15-,16?;;;/m1.../s1. The minimum atomic E-state index is -0.760. The number of rotatable bonds is 15. The van der Waals surface area contributed by atoms with Crippen molar-refractivity contribution < 1.29 is 19.8 Å². The van der Waals surface area contributed by atoms with Gasteiger partial charge < -0.3 is 15.1 Å². The average molecular weight is 408 g/mol. The fraction of sp³-hybridized carbons (Fsp3) is 0.905. The highest BCUT2D eigenvalue weighted by Gasteiger charge is 2.18. The highest BCUT2D eigenvalue weighted by molar-refractivity contribution is 5.67. The van der Waals surface area contributed by atoms with Crippen LogP contribution in [0.5, 0.6) is 0 Å². The molecule has 7 heteroatoms. The molecule has 0 saturated carbocycles. The van der Waals surface area contributed by atoms with Crippen LogP contribution in [0.25, 0.3) is 0 Å². The molecule has 0 spiro atoms. The van der Waals surface area contributed by atoms with E-state index in [9.17, 15) is 9.59 Å². The zero-order valence-electron chi connectivity index (χ0n) is 16.6. The van der Waals surface area contributed by atoms with Crippen LogP contribution >= 0.6 is 0 Å². The van der Waals surface area contributed by atoms with Crippen LogP contribution in [0.1, 0.15) is 69.7 Å². The fourth-order valence-electron chi connectivity index (χ4n) is 3.11. The summed E-state index contributed by atoms with van der Waals surface area (Å²) in [5.74, 6) is -1.52. The Kier molecular flexibility index (Phi) is 23.5. The number of hydrogen-bond donors (Lipinski definition) is 2. The second-order valence-electron chi connectivity index (χ2n) is 6.59. The summed E-state index contributed by atoms with van der Waals surface area (Å²) in [5.41, 5.74) is 0. The zero-order chi connectivity index (χ0) is 19.4. The van der Waals surface area contributed by atoms with Crippen LogP contribution in [0.15, 0.2) is 0 Å². The maximum Gasteiger partial charge on any atom is 0.304 e. The molecule has 0 aromatic carbocycles. The normalized spacial score (nSPS) is 12.7. The summed E-state index contributed by atoms with van der Waals surface area (Å²) in [4.78, 5) is 28.5. The molecule has 0 aromatic rings. The molecule has 0 amide bonds. The topological polar surface area (TPSA) is 84.3 Å². The summed E-state index contributed by atoms with van der Waals surface area (Å²) in [5, 5.41) is 17.9. The number of likely N-dealkylation sites (N-methyl/N-ethyl adjacent to an activating group) is 3. The van der Waals surface area contributed by atoms with Gasteiger partial charge in [-0.3, -0.25) is 19.4 Å². The van der Waals surface area contributed by atoms with E-state index in [1.54, 1.807) is 0 Å². The van der Waals surface area contributed by atoms with Crippen molar-refractivity contribution >= 4 is 11.9 Å². The molecule has 2 atom stereocenters. The largest absolute Gasteiger partial charge is 0.481 e. The van der Waals surface area contributed by atoms with Gasteiger partial charge in [0.1, 0.15) is 0 Å². The molecule has 172 valence electrons. The molecule has 0 radical (unpaired) electrons. The van der Waals surface area contributed by atoms with Crippen LogP contribution in [-0.2, 0) is 9.59 Å². The highest BCUT2D eigenvalue weighted by atomic mass is 16.4. The molecule has 0 bridgehead atoms. The van der Waals surface area contributed by atoms with Crippen LogP contribution in [0, 0.1) is 0 Å². The van der Waals surface area contributed by atoms with E-state index >= 15 is 0 Å². The van der Waals surface area contributed by atoms with Crippen LogP contribution in [-0.4, -0.2) is 94.7 Å². The smallest absolute Gasteiger partial charge is 0.304 e. The molecule has 1 unspecified atom stereocenters. The molecule has 0 aromatic heterocycles. The van der Waals surface area contributed by atoms with Crippen molar-refractivity contribution in [1.82, 2.24) is 14.7 Å². The number of carboxylic acid groups (broad SMARTS) is 2. The van der Waals surface area contributed by atoms with Gasteiger partial charge >= 0.3 is 11.9 Å². The van der Waals surface area contributed by atoms with E-state index in [4.69, 9.17) is 10.2 Å². The third-order valence-corrected chi connectivity index (χ3v) is 4.85. The molecule has 7 nitrogen and oxygen atoms in total. The van der Waals surface area contributed by atoms with Crippen molar-refractivity contribution in [2.75, 3.05) is 45.8 Å². The van der Waals surface area contributed by atoms with Gasteiger partial charge in [0.05, 0.1) is 12.8 Å². The fourth-order valence-corrected chi connectivity index (χ4v) is 3.11. The van der Waals surface area contributed by atoms with Gasteiger partial charge in [-0.15, -0.1) is 0 Å². The van der Waals surface area contributed by atoms with Gasteiger partial charge in [0.25, 0.3) is 0 Å². The van der Waals surface area contributed by atoms with E-state index in [1.165, 1.54) is 0 Å². The van der Waals surface area contributed by atoms with E-state index in [-0.39, 0.29) is 47.2 Å². The summed E-state index contributed by atoms with van der Waals surface area (Å²) >= 11 is 0. The van der Waals surface area contributed by atoms with Crippen molar-refractivity contribution in [2.45, 2.75) is 81.8 Å². The van der Waals surface area contributed by atoms with Crippen molar-refractivity contribution in [2.24, 2.45) is 0 Å². The summed E-state index contributed by atoms with van der Waals surface area (Å²) < 4.78 is 0. The van der Waals surface area contributed by atoms with Gasteiger partial charge in [-0.05, 0) is 33.5 Å². The van der Waals surface area contributed by atoms with E-state index < -0.39 is 11.9 Å². The third-order valence-electron chi connectivity index (χ3n) is 4.85. The van der Waals surface area contributed by atoms with Gasteiger partial charge in [0, 0.05) is 38.3 Å². The Morgan fingerprint density at radius 2 is 1.00 bits per heavy atom. The Morgan fingerprint density at radius 1 is 0.679 bits per heavy atom. The number of carbonyl (C=O) groups is 2. The van der Waals surface area contributed by atoms with E-state index in [2.05, 4.69) is 35.5 Å². The monoisotopic (exact) mass is 407 g/mol. The quantitative estimate of drug-likeness (QED) is 0.429. The second kappa shape index (κ2) is 19.2. The number of hydrogen-bond acceptors (Lipinski definition) is 5. The maximum absolute atomic E-state index is 10.9. The molecular formula is C21H49N3O4. The van der Waals surface area contributed by atoms with Crippen molar-refractivity contribution in [1.29, 1.82) is 0 Å². The van der Waals surface area contributed by atoms with Gasteiger partial charge in [-0.2, -0.15) is 0 Å². The first-order valence-corrected chi connectivity index (χ1v) is 9.39. The lowest BCUT2D eigenvalue weighted by atomic mass is 10.2. The van der Waals surface area contributed by atoms with E-state index in [0.717, 1.165) is 45.8 Å². The number of nitrogens with zero attached hydrogens (tertiary/aromatic N) is 3. The lowest BCUT2D eigenvalue weighted by Crippen LogP contribution is -2.44. The van der Waals surface area contributed by atoms with E-state index in [0.29, 0.717) is 0 Å². The Hall–Kier alpha value is -1.18. The Balaban J connectivity index is -0.000000960. The molecule has 0 aliphatic heterocycles. The third kappa shape index (κ3) is 14.8. The lowest BCUT2D eigenvalue weighted by molar-refractivity contribution is -0.139. The van der Waals surface area contributed by atoms with Crippen LogP contribution in [0.4, 0.5) is 0 Å². The first-order valence-electron chi connectivity index (χ1n) is 9.39. The molecule has 28 heavy (non-hydrogen) atoms. The average Bonchev–Trinajstić information content (AvgIpc) is 2.52. The molecular weight excluding hydrogens is 358 g/mol. The molecule has 0 heterocycles. The lowest BCUT2D eigenvalue weighted by Gasteiger charge is -2.32. The predicted octanol–water partition coefficient (Wildman–Crippen LogP) is 3.59. The van der Waals surface area contributed by atoms with Crippen molar-refractivity contribution in [3.63, 3.8) is 0 Å². The first kappa shape index (κ1) is 34.3. The van der Waals surface area contributed by atoms with E-state index in [1.807, 2.05) is 13.8 Å². The van der Waals surface area contributed by atoms with Crippen molar-refractivity contribution in [3.8, 4) is 0 Å². The molecule has 0 saturated heterocycles. The minimum Gasteiger partial charge on any atom is -0.481 e. The summed E-state index contributed by atoms with van der Waals surface area (Å²) in [6.45, 7) is 16.2. The Morgan fingerprint density at radius 3 is 1.21 bits per heavy atom. The predicted molar refractivity (Wildman–Crippen MR) is 120 cm³/mol. The van der Waals surface area contributed by atoms with Crippen molar-refractivity contribution in [3.05, 3.63) is 0 Å². The molecule has 0 rings (SSSR count). The molecule has 0 fully saturated rings. The molecule has 0 aliphatic carbocycles. The molecule has 2 N–H and O–H groups in total. The Labute approximate surface area is 174 Å². The first-order chi connectivity index (χ1) is 11.7. The summed E-state index contributed by atoms with van der Waals surface area (Å²) in [7, 11) is 0. The summed E-state index contributed by atoms with van der Waals surface area (Å²) in [6, 6.07) is 0.0628. The van der Waals surface area contributed by atoms with Gasteiger partial charge in [0.2, 0.25) is 0 Å². The minimum absolute atomic E-state index is 0. The summed E-state index contributed by atoms with van der Waals surface area (Å²) in [6.07, 6.45) is 0.326. The Bertz CT molecular complexity index is 360. The van der Waals surface area contributed by atoms with Gasteiger partial charge in [0.15, 0.2) is 0 Å². The molecule has 0 aliphatic rings. The number of aliphatic carboxylic acids is 2. The zero-order valence-corrected chi connectivity index (χ0v) is 16.6. The highest BCUT2D eigenvalue weighted by Crippen LogP contribution is 2.06. The second-order valence-corrected chi connectivity index (χ2v) is 6.59. The maximum atomic E-state index is 10.9.